The first-order valence-electron chi connectivity index (χ1n) is 31.2. The summed E-state index contributed by atoms with van der Waals surface area (Å²) in [5, 5.41) is 20.5. The Morgan fingerprint density at radius 3 is 1.10 bits per heavy atom. The van der Waals surface area contributed by atoms with Gasteiger partial charge in [0.1, 0.15) is 25.4 Å². The Hall–Kier alpha value is -3.01. The van der Waals surface area contributed by atoms with Crippen molar-refractivity contribution in [3.63, 3.8) is 0 Å². The third-order valence-corrected chi connectivity index (χ3v) is 14.8. The molecule has 0 rings (SSSR count). The fourth-order valence-corrected chi connectivity index (χ4v) is 9.67. The maximum absolute atomic E-state index is 12.9. The van der Waals surface area contributed by atoms with Crippen LogP contribution in [-0.2, 0) is 55.8 Å². The second-order valence-electron chi connectivity index (χ2n) is 20.8. The molecule has 5 unspecified atom stereocenters. The molecule has 0 radical (unpaired) electrons. The van der Waals surface area contributed by atoms with Gasteiger partial charge in [0.15, 0.2) is 6.10 Å². The SMILES string of the molecule is CC/C=C\C/C=C\C/C=C\CCCCCCCCCC(=O)OCC(O)COP(=O)(O)OCC(O)COP(=O)(O)OCC(COC(=O)CCCCCCC/C=C\CCCCCCCC)OC(=O)CCCCCCC/C=C\C/C=C\CCC. The summed E-state index contributed by atoms with van der Waals surface area (Å²) in [7, 11) is -9.77. The molecule has 0 aliphatic carbocycles. The number of aliphatic hydroxyl groups excluding tert-OH is 2. The van der Waals surface area contributed by atoms with Crippen LogP contribution in [0.15, 0.2) is 72.9 Å². The number of aliphatic hydroxyl groups is 2. The molecule has 0 aliphatic rings. The van der Waals surface area contributed by atoms with Gasteiger partial charge in [-0.15, -0.1) is 0 Å². The number of carbonyl (C=O) groups excluding carboxylic acids is 3. The molecule has 0 amide bonds. The molecule has 0 fully saturated rings. The van der Waals surface area contributed by atoms with Crippen LogP contribution in [-0.4, -0.2) is 95.9 Å². The van der Waals surface area contributed by atoms with Gasteiger partial charge in [0.05, 0.1) is 26.4 Å². The van der Waals surface area contributed by atoms with Crippen molar-refractivity contribution in [3.05, 3.63) is 72.9 Å². The van der Waals surface area contributed by atoms with Crippen molar-refractivity contribution >= 4 is 33.6 Å². The van der Waals surface area contributed by atoms with E-state index in [4.69, 9.17) is 32.3 Å². The van der Waals surface area contributed by atoms with Crippen molar-refractivity contribution in [3.8, 4) is 0 Å². The number of rotatable bonds is 59. The molecule has 18 heteroatoms. The minimum atomic E-state index is -4.92. The number of phosphoric acid groups is 2. The number of carbonyl (C=O) groups is 3. The lowest BCUT2D eigenvalue weighted by molar-refractivity contribution is -0.161. The molecule has 0 saturated heterocycles. The monoisotopic (exact) mass is 1190 g/mol. The molecular formula is C63H112O16P2. The summed E-state index contributed by atoms with van der Waals surface area (Å²) in [4.78, 5) is 58.1. The smallest absolute Gasteiger partial charge is 0.463 e. The molecule has 0 heterocycles. The number of esters is 3. The topological polar surface area (TPSA) is 231 Å². The number of hydrogen-bond donors (Lipinski definition) is 4. The van der Waals surface area contributed by atoms with E-state index >= 15 is 0 Å². The van der Waals surface area contributed by atoms with Gasteiger partial charge in [0.2, 0.25) is 0 Å². The van der Waals surface area contributed by atoms with Gasteiger partial charge in [-0.3, -0.25) is 32.5 Å². The molecule has 81 heavy (non-hydrogen) atoms. The molecule has 0 aromatic rings. The van der Waals surface area contributed by atoms with Gasteiger partial charge in [-0.25, -0.2) is 9.13 Å². The molecule has 0 spiro atoms. The number of phosphoric ester groups is 2. The Bertz CT molecular complexity index is 1780. The van der Waals surface area contributed by atoms with Gasteiger partial charge in [0, 0.05) is 19.3 Å². The van der Waals surface area contributed by atoms with Gasteiger partial charge in [0.25, 0.3) is 0 Å². The van der Waals surface area contributed by atoms with E-state index < -0.39 is 91.5 Å². The van der Waals surface area contributed by atoms with E-state index in [-0.39, 0.29) is 19.3 Å². The lowest BCUT2D eigenvalue weighted by Crippen LogP contribution is -2.30. The first kappa shape index (κ1) is 78.0. The molecule has 470 valence electrons. The molecule has 0 saturated carbocycles. The van der Waals surface area contributed by atoms with Crippen LogP contribution in [0.2, 0.25) is 0 Å². The first-order chi connectivity index (χ1) is 39.2. The summed E-state index contributed by atoms with van der Waals surface area (Å²) in [6.45, 7) is 2.44. The van der Waals surface area contributed by atoms with E-state index in [9.17, 15) is 43.5 Å². The highest BCUT2D eigenvalue weighted by atomic mass is 31.2. The summed E-state index contributed by atoms with van der Waals surface area (Å²) < 4.78 is 60.6. The third-order valence-electron chi connectivity index (χ3n) is 12.9. The summed E-state index contributed by atoms with van der Waals surface area (Å²) in [5.74, 6) is -1.61. The van der Waals surface area contributed by atoms with E-state index in [0.29, 0.717) is 19.3 Å². The van der Waals surface area contributed by atoms with E-state index in [1.807, 2.05) is 0 Å². The normalized spacial score (nSPS) is 14.9. The molecule has 16 nitrogen and oxygen atoms in total. The van der Waals surface area contributed by atoms with Crippen molar-refractivity contribution in [2.24, 2.45) is 0 Å². The molecule has 0 aliphatic heterocycles. The highest BCUT2D eigenvalue weighted by Gasteiger charge is 2.29. The largest absolute Gasteiger partial charge is 0.472 e. The minimum Gasteiger partial charge on any atom is -0.463 e. The molecule has 0 aromatic heterocycles. The number of hydrogen-bond acceptors (Lipinski definition) is 14. The number of allylic oxidation sites excluding steroid dienone is 12. The predicted molar refractivity (Wildman–Crippen MR) is 325 cm³/mol. The van der Waals surface area contributed by atoms with Crippen LogP contribution in [0.1, 0.15) is 252 Å². The molecule has 0 bridgehead atoms. The lowest BCUT2D eigenvalue weighted by atomic mass is 10.1. The Balaban J connectivity index is 4.68. The Kier molecular flexibility index (Phi) is 55.3. The van der Waals surface area contributed by atoms with E-state index in [1.54, 1.807) is 0 Å². The second kappa shape index (κ2) is 57.4. The number of ether oxygens (including phenoxy) is 3. The Morgan fingerprint density at radius 2 is 0.679 bits per heavy atom. The van der Waals surface area contributed by atoms with Gasteiger partial charge < -0.3 is 34.2 Å². The summed E-state index contributed by atoms with van der Waals surface area (Å²) in [6, 6.07) is 0. The Morgan fingerprint density at radius 1 is 0.358 bits per heavy atom. The summed E-state index contributed by atoms with van der Waals surface area (Å²) in [6.07, 6.45) is 56.8. The second-order valence-corrected chi connectivity index (χ2v) is 23.7. The zero-order chi connectivity index (χ0) is 59.6. The highest BCUT2D eigenvalue weighted by molar-refractivity contribution is 7.47. The Labute approximate surface area is 490 Å². The van der Waals surface area contributed by atoms with Gasteiger partial charge in [-0.1, -0.05) is 203 Å². The van der Waals surface area contributed by atoms with Crippen LogP contribution in [0.4, 0.5) is 0 Å². The van der Waals surface area contributed by atoms with Crippen molar-refractivity contribution in [2.45, 2.75) is 270 Å². The standard InChI is InChI=1S/C63H112O16P2/c1-4-7-10-13-16-19-22-25-27-28-30-33-34-37-40-43-46-49-61(66)73-52-58(64)53-75-80(69,70)76-54-59(65)55-77-81(71,72)78-57-60(79-63(68)51-48-45-42-39-36-31-24-21-18-15-12-9-6-3)56-74-62(67)50-47-44-41-38-35-32-29-26-23-20-17-14-11-8-5-2/h7,10,12,15-16,19,21,24-27,29,58-60,64-65H,4-6,8-9,11,13-14,17-18,20,22-23,28,30-57H2,1-3H3,(H,69,70)(H,71,72)/b10-7-,15-12-,19-16-,24-21-,27-25-,29-26-. The molecule has 0 aromatic carbocycles. The quantitative estimate of drug-likeness (QED) is 0.0146. The van der Waals surface area contributed by atoms with Crippen LogP contribution < -0.4 is 0 Å². The maximum atomic E-state index is 12.9. The van der Waals surface area contributed by atoms with Gasteiger partial charge in [-0.05, 0) is 103 Å². The van der Waals surface area contributed by atoms with Crippen molar-refractivity contribution < 1.29 is 75.8 Å². The van der Waals surface area contributed by atoms with Gasteiger partial charge >= 0.3 is 33.6 Å². The minimum absolute atomic E-state index is 0.0877. The van der Waals surface area contributed by atoms with Crippen LogP contribution in [0, 0.1) is 0 Å². The van der Waals surface area contributed by atoms with Crippen molar-refractivity contribution in [1.29, 1.82) is 0 Å². The molecular weight excluding hydrogens is 1070 g/mol. The summed E-state index contributed by atoms with van der Waals surface area (Å²) in [5.41, 5.74) is 0. The van der Waals surface area contributed by atoms with Crippen LogP contribution in [0.5, 0.6) is 0 Å². The lowest BCUT2D eigenvalue weighted by Gasteiger charge is -2.21. The van der Waals surface area contributed by atoms with Gasteiger partial charge in [-0.2, -0.15) is 0 Å². The zero-order valence-corrected chi connectivity index (χ0v) is 52.2. The first-order valence-corrected chi connectivity index (χ1v) is 34.2. The molecule has 4 N–H and O–H groups in total. The van der Waals surface area contributed by atoms with Crippen LogP contribution >= 0.6 is 15.6 Å². The fourth-order valence-electron chi connectivity index (χ4n) is 8.09. The summed E-state index contributed by atoms with van der Waals surface area (Å²) >= 11 is 0. The highest BCUT2D eigenvalue weighted by Crippen LogP contribution is 2.45. The van der Waals surface area contributed by atoms with E-state index in [2.05, 4.69) is 93.7 Å². The van der Waals surface area contributed by atoms with Crippen LogP contribution in [0.25, 0.3) is 0 Å². The predicted octanol–water partition coefficient (Wildman–Crippen LogP) is 16.4. The zero-order valence-electron chi connectivity index (χ0n) is 50.4. The van der Waals surface area contributed by atoms with Crippen molar-refractivity contribution in [1.82, 2.24) is 0 Å². The maximum Gasteiger partial charge on any atom is 0.472 e. The van der Waals surface area contributed by atoms with Crippen molar-refractivity contribution in [2.75, 3.05) is 39.6 Å². The average Bonchev–Trinajstić information content (AvgIpc) is 3.44. The molecule has 5 atom stereocenters. The van der Waals surface area contributed by atoms with E-state index in [0.717, 1.165) is 154 Å². The third kappa shape index (κ3) is 58.6. The van der Waals surface area contributed by atoms with Crippen LogP contribution in [0.3, 0.4) is 0 Å². The number of unbranched alkanes of at least 4 members (excludes halogenated alkanes) is 24. The fraction of sp³-hybridized carbons (Fsp3) is 0.762. The average molecular weight is 1190 g/mol. The van der Waals surface area contributed by atoms with E-state index in [1.165, 1.54) is 38.5 Å².